The number of aromatic amines is 1. The van der Waals surface area contributed by atoms with Crippen LogP contribution in [0.5, 0.6) is 5.75 Å². The van der Waals surface area contributed by atoms with E-state index in [0.717, 1.165) is 37.4 Å². The van der Waals surface area contributed by atoms with Gasteiger partial charge in [-0.3, -0.25) is 4.79 Å². The molecule has 0 spiro atoms. The number of methoxy groups -OCH3 is 1. The quantitative estimate of drug-likeness (QED) is 0.249. The lowest BCUT2D eigenvalue weighted by Crippen LogP contribution is -2.36. The molecule has 184 valence electrons. The van der Waals surface area contributed by atoms with Crippen molar-refractivity contribution in [3.05, 3.63) is 62.8 Å². The second-order valence-electron chi connectivity index (χ2n) is 8.25. The Morgan fingerprint density at radius 2 is 1.88 bits per heavy atom. The maximum absolute atomic E-state index is 11.6. The molecule has 0 radical (unpaired) electrons. The van der Waals surface area contributed by atoms with Gasteiger partial charge in [-0.2, -0.15) is 0 Å². The number of thiazole rings is 1. The van der Waals surface area contributed by atoms with Crippen LogP contribution < -0.4 is 15.5 Å². The van der Waals surface area contributed by atoms with Crippen molar-refractivity contribution in [2.45, 2.75) is 38.5 Å². The van der Waals surface area contributed by atoms with Crippen molar-refractivity contribution in [2.75, 3.05) is 26.7 Å². The van der Waals surface area contributed by atoms with Crippen molar-refractivity contribution >= 4 is 46.4 Å². The number of H-pyrrole nitrogens is 1. The number of hydrogen-bond donors (Lipinski definition) is 5. The molecule has 5 N–H and O–H groups in total. The van der Waals surface area contributed by atoms with E-state index in [4.69, 9.17) is 4.74 Å². The molecule has 2 aromatic carbocycles. The van der Waals surface area contributed by atoms with Crippen LogP contribution in [0.25, 0.3) is 10.2 Å². The van der Waals surface area contributed by atoms with E-state index >= 15 is 0 Å². The number of halogens is 2. The molecule has 7 nitrogen and oxygen atoms in total. The van der Waals surface area contributed by atoms with E-state index in [0.29, 0.717) is 22.3 Å². The van der Waals surface area contributed by atoms with E-state index < -0.39 is 6.10 Å². The van der Waals surface area contributed by atoms with Crippen LogP contribution in [0, 0.1) is 0 Å². The second kappa shape index (κ2) is 13.3. The molecule has 0 saturated carbocycles. The summed E-state index contributed by atoms with van der Waals surface area (Å²) in [7, 11) is 1.72. The molecule has 0 bridgehead atoms. The highest BCUT2D eigenvalue weighted by Crippen LogP contribution is 2.31. The number of aliphatic hydroxyl groups is 1. The minimum atomic E-state index is -0.769. The van der Waals surface area contributed by atoms with E-state index in [-0.39, 0.29) is 41.0 Å². The van der Waals surface area contributed by atoms with Gasteiger partial charge in [-0.15, -0.1) is 24.8 Å². The number of aromatic nitrogens is 1. The van der Waals surface area contributed by atoms with Gasteiger partial charge in [0.2, 0.25) is 0 Å². The van der Waals surface area contributed by atoms with Crippen LogP contribution in [0.15, 0.2) is 41.2 Å². The number of benzene rings is 2. The fourth-order valence-corrected chi connectivity index (χ4v) is 4.28. The van der Waals surface area contributed by atoms with Gasteiger partial charge in [0, 0.05) is 32.3 Å². The zero-order valence-corrected chi connectivity index (χ0v) is 21.5. The predicted octanol–water partition coefficient (Wildman–Crippen LogP) is 3.52. The second-order valence-corrected chi connectivity index (χ2v) is 9.23. The number of fused-ring (bicyclic) bond motifs is 1. The van der Waals surface area contributed by atoms with Crippen molar-refractivity contribution < 1.29 is 14.9 Å². The third-order valence-electron chi connectivity index (χ3n) is 5.30. The van der Waals surface area contributed by atoms with Crippen LogP contribution in [0.2, 0.25) is 0 Å². The lowest BCUT2D eigenvalue weighted by Gasteiger charge is -2.23. The summed E-state index contributed by atoms with van der Waals surface area (Å²) in [6, 6.07) is 11.6. The van der Waals surface area contributed by atoms with E-state index in [1.54, 1.807) is 13.2 Å². The topological polar surface area (TPSA) is 107 Å². The largest absolute Gasteiger partial charge is 0.506 e. The summed E-state index contributed by atoms with van der Waals surface area (Å²) in [6.45, 7) is 6.73. The number of ether oxygens (including phenoxy) is 1. The lowest BCUT2D eigenvalue weighted by atomic mass is 10.1. The summed E-state index contributed by atoms with van der Waals surface area (Å²) in [5.74, 6) is 0.0115. The Balaban J connectivity index is 0.00000272. The molecule has 1 atom stereocenters. The van der Waals surface area contributed by atoms with Gasteiger partial charge in [-0.05, 0) is 44.0 Å². The van der Waals surface area contributed by atoms with Crippen molar-refractivity contribution in [3.63, 3.8) is 0 Å². The SMILES string of the molecule is COC(C)(C)CNCc1cccc(CCNCC(O)c2ccc(O)c3[nH]c(=O)sc23)c1.Cl.Cl. The summed E-state index contributed by atoms with van der Waals surface area (Å²) in [6.07, 6.45) is 0.0706. The molecule has 33 heavy (non-hydrogen) atoms. The number of phenols is 1. The van der Waals surface area contributed by atoms with Gasteiger partial charge in [0.15, 0.2) is 0 Å². The molecular weight excluding hydrogens is 485 g/mol. The first-order chi connectivity index (χ1) is 14.8. The molecule has 1 aromatic heterocycles. The third-order valence-corrected chi connectivity index (χ3v) is 6.23. The Morgan fingerprint density at radius 3 is 2.61 bits per heavy atom. The molecular formula is C23H33Cl2N3O4S. The van der Waals surface area contributed by atoms with Gasteiger partial charge < -0.3 is 30.6 Å². The Kier molecular flexibility index (Phi) is 11.8. The summed E-state index contributed by atoms with van der Waals surface area (Å²) >= 11 is 0.995. The van der Waals surface area contributed by atoms with Crippen LogP contribution in [0.4, 0.5) is 0 Å². The Hall–Kier alpha value is -1.65. The van der Waals surface area contributed by atoms with Crippen LogP contribution >= 0.6 is 36.2 Å². The minimum Gasteiger partial charge on any atom is -0.506 e. The zero-order valence-electron chi connectivity index (χ0n) is 19.0. The van der Waals surface area contributed by atoms with Crippen molar-refractivity contribution in [2.24, 2.45) is 0 Å². The highest BCUT2D eigenvalue weighted by Gasteiger charge is 2.16. The van der Waals surface area contributed by atoms with Crippen LogP contribution in [-0.2, 0) is 17.7 Å². The van der Waals surface area contributed by atoms with Crippen molar-refractivity contribution in [1.82, 2.24) is 15.6 Å². The van der Waals surface area contributed by atoms with Gasteiger partial charge in [0.25, 0.3) is 0 Å². The fourth-order valence-electron chi connectivity index (χ4n) is 3.36. The fraction of sp³-hybridized carbons (Fsp3) is 0.435. The third kappa shape index (κ3) is 8.26. The number of hydrogen-bond acceptors (Lipinski definition) is 7. The average Bonchev–Trinajstić information content (AvgIpc) is 3.14. The summed E-state index contributed by atoms with van der Waals surface area (Å²) in [5, 5.41) is 27.2. The summed E-state index contributed by atoms with van der Waals surface area (Å²) in [4.78, 5) is 14.0. The van der Waals surface area contributed by atoms with Gasteiger partial charge in [0.05, 0.1) is 16.4 Å². The molecule has 1 heterocycles. The predicted molar refractivity (Wildman–Crippen MR) is 139 cm³/mol. The molecule has 10 heteroatoms. The highest BCUT2D eigenvalue weighted by atomic mass is 35.5. The Bertz CT molecular complexity index is 1070. The molecule has 0 aliphatic rings. The highest BCUT2D eigenvalue weighted by molar-refractivity contribution is 7.16. The Morgan fingerprint density at radius 1 is 1.15 bits per heavy atom. The van der Waals surface area contributed by atoms with Crippen molar-refractivity contribution in [3.8, 4) is 5.75 Å². The van der Waals surface area contributed by atoms with Gasteiger partial charge in [-0.25, -0.2) is 0 Å². The number of nitrogens with one attached hydrogen (secondary N) is 3. The molecule has 3 aromatic rings. The first-order valence-electron chi connectivity index (χ1n) is 10.4. The van der Waals surface area contributed by atoms with E-state index in [1.165, 1.54) is 17.2 Å². The number of rotatable bonds is 11. The van der Waals surface area contributed by atoms with Gasteiger partial charge in [-0.1, -0.05) is 41.7 Å². The molecule has 0 saturated heterocycles. The van der Waals surface area contributed by atoms with Crippen LogP contribution in [0.3, 0.4) is 0 Å². The lowest BCUT2D eigenvalue weighted by molar-refractivity contribution is 0.0230. The summed E-state index contributed by atoms with van der Waals surface area (Å²) in [5.41, 5.74) is 3.27. The molecule has 0 fully saturated rings. The first-order valence-corrected chi connectivity index (χ1v) is 11.2. The zero-order chi connectivity index (χ0) is 22.4. The maximum atomic E-state index is 11.6. The smallest absolute Gasteiger partial charge is 0.305 e. The van der Waals surface area contributed by atoms with Crippen LogP contribution in [0.1, 0.15) is 36.6 Å². The molecule has 0 aliphatic carbocycles. The minimum absolute atomic E-state index is 0. The summed E-state index contributed by atoms with van der Waals surface area (Å²) < 4.78 is 6.02. The van der Waals surface area contributed by atoms with Crippen LogP contribution in [-0.4, -0.2) is 47.5 Å². The van der Waals surface area contributed by atoms with E-state index in [1.807, 2.05) is 0 Å². The van der Waals surface area contributed by atoms with Gasteiger partial charge >= 0.3 is 4.87 Å². The maximum Gasteiger partial charge on any atom is 0.305 e. The Labute approximate surface area is 210 Å². The average molecular weight is 519 g/mol. The first kappa shape index (κ1) is 29.4. The molecule has 0 aliphatic heterocycles. The monoisotopic (exact) mass is 517 g/mol. The number of phenolic OH excluding ortho intramolecular Hbond substituents is 1. The number of aliphatic hydroxyl groups excluding tert-OH is 1. The molecule has 1 unspecified atom stereocenters. The normalized spacial score (nSPS) is 12.2. The van der Waals surface area contributed by atoms with E-state index in [9.17, 15) is 15.0 Å². The number of aromatic hydroxyl groups is 1. The standard InChI is InChI=1S/C23H31N3O4S.2ClH/c1-23(2,30-3)14-25-12-16-6-4-5-15(11-16)9-10-24-13-19(28)17-7-8-18(27)20-21(17)31-22(29)26-20;;/h4-8,11,19,24-25,27-28H,9-10,12-14H2,1-3H3,(H,26,29);2*1H. The van der Waals surface area contributed by atoms with Crippen molar-refractivity contribution in [1.29, 1.82) is 0 Å². The molecule has 3 rings (SSSR count). The molecule has 0 amide bonds. The van der Waals surface area contributed by atoms with E-state index in [2.05, 4.69) is 53.7 Å². The van der Waals surface area contributed by atoms with Gasteiger partial charge in [0.1, 0.15) is 11.3 Å².